The minimum absolute atomic E-state index is 0.00761. The van der Waals surface area contributed by atoms with Gasteiger partial charge in [-0.05, 0) is 107 Å². The Kier molecular flexibility index (Phi) is 11.3. The van der Waals surface area contributed by atoms with Gasteiger partial charge in [0.15, 0.2) is 0 Å². The quantitative estimate of drug-likeness (QED) is 0.132. The Bertz CT molecular complexity index is 1310. The fraction of sp³-hybridized carbons (Fsp3) is 0.459. The van der Waals surface area contributed by atoms with E-state index < -0.39 is 0 Å². The van der Waals surface area contributed by atoms with Crippen molar-refractivity contribution in [2.45, 2.75) is 105 Å². The number of nitrogens with zero attached hydrogens (tertiary/aromatic N) is 3. The summed E-state index contributed by atoms with van der Waals surface area (Å²) in [6, 6.07) is 6.66. The van der Waals surface area contributed by atoms with Crippen LogP contribution in [0.25, 0.3) is 12.2 Å². The molecule has 0 amide bonds. The first-order valence-electron chi connectivity index (χ1n) is 15.1. The number of aromatic nitrogens is 1. The number of aliphatic imine (C=N–C) groups is 2. The molecule has 3 nitrogen and oxygen atoms in total. The van der Waals surface area contributed by atoms with Crippen molar-refractivity contribution in [3.8, 4) is 0 Å². The van der Waals surface area contributed by atoms with Crippen LogP contribution in [0.4, 0.5) is 0 Å². The Labute approximate surface area is 244 Å². The average Bonchev–Trinajstić information content (AvgIpc) is 3.04. The molecule has 0 radical (unpaired) electrons. The minimum Gasteiger partial charge on any atom is -0.283 e. The first-order valence-corrected chi connectivity index (χ1v) is 15.1. The van der Waals surface area contributed by atoms with E-state index in [1.807, 2.05) is 12.2 Å². The second kappa shape index (κ2) is 14.4. The first kappa shape index (κ1) is 31.3. The van der Waals surface area contributed by atoms with E-state index in [0.29, 0.717) is 17.8 Å². The van der Waals surface area contributed by atoms with Crippen molar-refractivity contribution >= 4 is 24.8 Å². The Morgan fingerprint density at radius 3 is 2.50 bits per heavy atom. The molecule has 214 valence electrons. The van der Waals surface area contributed by atoms with Gasteiger partial charge in [-0.15, -0.1) is 0 Å². The second-order valence-corrected chi connectivity index (χ2v) is 11.9. The van der Waals surface area contributed by atoms with Crippen LogP contribution in [0.2, 0.25) is 0 Å². The highest BCUT2D eigenvalue weighted by Gasteiger charge is 2.28. The van der Waals surface area contributed by atoms with Crippen LogP contribution in [0.5, 0.6) is 0 Å². The van der Waals surface area contributed by atoms with Crippen LogP contribution in [0.3, 0.4) is 0 Å². The third-order valence-electron chi connectivity index (χ3n) is 8.54. The molecular weight excluding hydrogens is 486 g/mol. The lowest BCUT2D eigenvalue weighted by Gasteiger charge is -2.24. The van der Waals surface area contributed by atoms with Gasteiger partial charge < -0.3 is 0 Å². The summed E-state index contributed by atoms with van der Waals surface area (Å²) in [5.74, 6) is 1.88. The fourth-order valence-electron chi connectivity index (χ4n) is 6.27. The highest BCUT2D eigenvalue weighted by Crippen LogP contribution is 2.40. The van der Waals surface area contributed by atoms with Crippen LogP contribution in [0.15, 0.2) is 64.6 Å². The lowest BCUT2D eigenvalue weighted by atomic mass is 9.84. The van der Waals surface area contributed by atoms with E-state index in [0.717, 1.165) is 6.42 Å². The van der Waals surface area contributed by atoms with Crippen LogP contribution < -0.4 is 0 Å². The molecule has 0 saturated carbocycles. The van der Waals surface area contributed by atoms with Crippen molar-refractivity contribution in [3.63, 3.8) is 0 Å². The van der Waals surface area contributed by atoms with Crippen LogP contribution in [-0.2, 0) is 6.42 Å². The number of allylic oxidation sites excluding steroid dienone is 5. The van der Waals surface area contributed by atoms with Gasteiger partial charge in [-0.3, -0.25) is 4.57 Å². The summed E-state index contributed by atoms with van der Waals surface area (Å²) in [5.41, 5.74) is 10.6. The van der Waals surface area contributed by atoms with Crippen molar-refractivity contribution in [2.75, 3.05) is 0 Å². The zero-order valence-electron chi connectivity index (χ0n) is 26.3. The van der Waals surface area contributed by atoms with Crippen molar-refractivity contribution in [3.05, 3.63) is 93.9 Å². The largest absolute Gasteiger partial charge is 0.283 e. The smallest absolute Gasteiger partial charge is 0.229 e. The second-order valence-electron chi connectivity index (χ2n) is 11.9. The Hall–Kier alpha value is -3.20. The van der Waals surface area contributed by atoms with Gasteiger partial charge >= 0.3 is 0 Å². The maximum absolute atomic E-state index is 5.28. The van der Waals surface area contributed by atoms with E-state index in [1.165, 1.54) is 70.5 Å². The van der Waals surface area contributed by atoms with Gasteiger partial charge in [0.2, 0.25) is 5.96 Å². The van der Waals surface area contributed by atoms with Crippen molar-refractivity contribution in [2.24, 2.45) is 15.9 Å². The summed E-state index contributed by atoms with van der Waals surface area (Å²) in [7, 11) is 0. The summed E-state index contributed by atoms with van der Waals surface area (Å²) < 4.78 is 2.25. The number of hydrogen-bond acceptors (Lipinski definition) is 1. The molecular formula is C37H51N3. The molecule has 0 saturated heterocycles. The zero-order valence-corrected chi connectivity index (χ0v) is 26.3. The molecule has 0 aliphatic heterocycles. The van der Waals surface area contributed by atoms with E-state index >= 15 is 0 Å². The molecule has 1 aromatic heterocycles. The highest BCUT2D eigenvalue weighted by molar-refractivity contribution is 5.90. The highest BCUT2D eigenvalue weighted by atomic mass is 15.2. The zero-order chi connectivity index (χ0) is 29.4. The van der Waals surface area contributed by atoms with Crippen LogP contribution in [-0.4, -0.2) is 23.3 Å². The molecule has 3 rings (SSSR count). The molecule has 0 N–H and O–H groups in total. The third kappa shape index (κ3) is 6.92. The Morgan fingerprint density at radius 2 is 1.85 bits per heavy atom. The van der Waals surface area contributed by atoms with Gasteiger partial charge in [-0.1, -0.05) is 87.9 Å². The number of benzene rings is 1. The molecule has 3 heteroatoms. The van der Waals surface area contributed by atoms with E-state index in [-0.39, 0.29) is 12.0 Å². The monoisotopic (exact) mass is 537 g/mol. The lowest BCUT2D eigenvalue weighted by Crippen LogP contribution is -2.20. The third-order valence-corrected chi connectivity index (χ3v) is 8.54. The summed E-state index contributed by atoms with van der Waals surface area (Å²) >= 11 is 0. The summed E-state index contributed by atoms with van der Waals surface area (Å²) in [6.07, 6.45) is 18.8. The van der Waals surface area contributed by atoms with E-state index in [4.69, 9.17) is 4.99 Å². The van der Waals surface area contributed by atoms with Crippen molar-refractivity contribution in [1.29, 1.82) is 0 Å². The number of rotatable bonds is 9. The standard InChI is InChI=1S/C37H51N3/c1-11-13-20-31-21-17-22-32(24-25(3)4)35(31)27(6)29(8)39-37(38-10)40-30(9)28(7)36(34(40)18-12-2)33-23-16-14-15-19-26(33)5/h11-13,17-22,25,27,29,33H,1,10,14-16,23-24H2,2-9H3/b18-12-,20-13-,39-37?. The molecule has 1 heterocycles. The summed E-state index contributed by atoms with van der Waals surface area (Å²) in [6.45, 7) is 25.8. The molecule has 1 aliphatic rings. The SMILES string of the molecule is C=C/C=C\c1cccc(CC(C)C)c1C(C)C(C)N=C(N=C)n1c(C)c(C)c(C2CCCCC=C2C)c1/C=C\C. The molecule has 0 bridgehead atoms. The van der Waals surface area contributed by atoms with Gasteiger partial charge in [0.05, 0.1) is 11.7 Å². The van der Waals surface area contributed by atoms with Gasteiger partial charge in [0, 0.05) is 17.5 Å². The van der Waals surface area contributed by atoms with Crippen molar-refractivity contribution in [1.82, 2.24) is 4.57 Å². The van der Waals surface area contributed by atoms with Crippen LogP contribution in [0.1, 0.15) is 118 Å². The normalized spacial score (nSPS) is 18.3. The predicted octanol–water partition coefficient (Wildman–Crippen LogP) is 10.2. The summed E-state index contributed by atoms with van der Waals surface area (Å²) in [4.78, 5) is 9.83. The molecule has 3 unspecified atom stereocenters. The minimum atomic E-state index is 0.00761. The molecule has 0 fully saturated rings. The van der Waals surface area contributed by atoms with Crippen LogP contribution >= 0.6 is 0 Å². The molecule has 1 aliphatic carbocycles. The van der Waals surface area contributed by atoms with Gasteiger partial charge in [-0.2, -0.15) is 0 Å². The molecule has 3 atom stereocenters. The van der Waals surface area contributed by atoms with E-state index in [9.17, 15) is 0 Å². The first-order chi connectivity index (χ1) is 19.2. The van der Waals surface area contributed by atoms with Crippen LogP contribution in [0, 0.1) is 19.8 Å². The maximum atomic E-state index is 5.28. The Balaban J connectivity index is 2.15. The van der Waals surface area contributed by atoms with Gasteiger partial charge in [-0.25, -0.2) is 9.98 Å². The van der Waals surface area contributed by atoms with E-state index in [2.05, 4.69) is 121 Å². The van der Waals surface area contributed by atoms with Gasteiger partial charge in [0.25, 0.3) is 0 Å². The lowest BCUT2D eigenvalue weighted by molar-refractivity contribution is 0.589. The molecule has 2 aromatic rings. The molecule has 1 aromatic carbocycles. The fourth-order valence-corrected chi connectivity index (χ4v) is 6.27. The predicted molar refractivity (Wildman–Crippen MR) is 178 cm³/mol. The van der Waals surface area contributed by atoms with E-state index in [1.54, 1.807) is 0 Å². The molecule has 0 spiro atoms. The summed E-state index contributed by atoms with van der Waals surface area (Å²) in [5, 5.41) is 0. The maximum Gasteiger partial charge on any atom is 0.229 e. The number of hydrogen-bond donors (Lipinski definition) is 0. The average molecular weight is 538 g/mol. The molecule has 40 heavy (non-hydrogen) atoms. The van der Waals surface area contributed by atoms with Crippen molar-refractivity contribution < 1.29 is 0 Å². The Morgan fingerprint density at radius 1 is 1.10 bits per heavy atom. The van der Waals surface area contributed by atoms with Gasteiger partial charge in [0.1, 0.15) is 0 Å². The topological polar surface area (TPSA) is 29.6 Å².